The minimum atomic E-state index is 0.0473. The summed E-state index contributed by atoms with van der Waals surface area (Å²) in [6.45, 7) is 0.0473. The van der Waals surface area contributed by atoms with Gasteiger partial charge in [0, 0.05) is 12.4 Å². The Bertz CT molecular complexity index is 471. The van der Waals surface area contributed by atoms with Gasteiger partial charge in [-0.05, 0) is 12.1 Å². The van der Waals surface area contributed by atoms with Gasteiger partial charge in [-0.1, -0.05) is 12.1 Å². The van der Waals surface area contributed by atoms with Crippen molar-refractivity contribution in [2.45, 2.75) is 0 Å². The van der Waals surface area contributed by atoms with Gasteiger partial charge in [0.05, 0.1) is 12.0 Å². The highest BCUT2D eigenvalue weighted by atomic mass is 16.5. The maximum absolute atomic E-state index is 8.45. The van der Waals surface area contributed by atoms with E-state index in [1.807, 2.05) is 41.1 Å². The molecule has 1 heterocycles. The summed E-state index contributed by atoms with van der Waals surface area (Å²) >= 11 is 0. The van der Waals surface area contributed by atoms with E-state index in [0.29, 0.717) is 5.75 Å². The lowest BCUT2D eigenvalue weighted by molar-refractivity contribution is 0.367. The van der Waals surface area contributed by atoms with Crippen LogP contribution in [0.5, 0.6) is 5.75 Å². The zero-order valence-corrected chi connectivity index (χ0v) is 8.00. The minimum absolute atomic E-state index is 0.0473. The van der Waals surface area contributed by atoms with Crippen molar-refractivity contribution in [3.8, 4) is 17.5 Å². The lowest BCUT2D eigenvalue weighted by Crippen LogP contribution is -1.99. The van der Waals surface area contributed by atoms with E-state index in [4.69, 9.17) is 10.00 Å². The summed E-state index contributed by atoms with van der Waals surface area (Å²) in [4.78, 5) is 3.96. The van der Waals surface area contributed by atoms with Crippen LogP contribution >= 0.6 is 0 Å². The first-order valence-electron chi connectivity index (χ1n) is 4.49. The van der Waals surface area contributed by atoms with Gasteiger partial charge in [0.1, 0.15) is 11.8 Å². The molecule has 0 saturated carbocycles. The smallest absolute Gasteiger partial charge is 0.174 e. The van der Waals surface area contributed by atoms with Crippen molar-refractivity contribution >= 4 is 0 Å². The van der Waals surface area contributed by atoms with Gasteiger partial charge in [0.15, 0.2) is 6.61 Å². The molecule has 2 rings (SSSR count). The van der Waals surface area contributed by atoms with Gasteiger partial charge < -0.3 is 9.30 Å². The van der Waals surface area contributed by atoms with Crippen molar-refractivity contribution in [2.24, 2.45) is 0 Å². The third-order valence-corrected chi connectivity index (χ3v) is 1.94. The SMILES string of the molecule is N#CCOc1ccccc1-n1ccnc1. The Morgan fingerprint density at radius 1 is 1.40 bits per heavy atom. The number of hydrogen-bond acceptors (Lipinski definition) is 3. The largest absolute Gasteiger partial charge is 0.477 e. The van der Waals surface area contributed by atoms with Gasteiger partial charge in [-0.25, -0.2) is 4.98 Å². The van der Waals surface area contributed by atoms with Crippen molar-refractivity contribution in [2.75, 3.05) is 6.61 Å². The highest BCUT2D eigenvalue weighted by Crippen LogP contribution is 2.21. The van der Waals surface area contributed by atoms with Gasteiger partial charge in [-0.3, -0.25) is 0 Å². The van der Waals surface area contributed by atoms with Crippen molar-refractivity contribution in [1.29, 1.82) is 5.26 Å². The molecule has 0 fully saturated rings. The topological polar surface area (TPSA) is 50.8 Å². The molecule has 0 bridgehead atoms. The van der Waals surface area contributed by atoms with Crippen LogP contribution in [0.15, 0.2) is 43.0 Å². The van der Waals surface area contributed by atoms with Crippen LogP contribution in [-0.2, 0) is 0 Å². The number of imidazole rings is 1. The van der Waals surface area contributed by atoms with Gasteiger partial charge in [-0.15, -0.1) is 0 Å². The first-order chi connectivity index (χ1) is 7.42. The maximum Gasteiger partial charge on any atom is 0.174 e. The molecule has 15 heavy (non-hydrogen) atoms. The number of ether oxygens (including phenoxy) is 1. The van der Waals surface area contributed by atoms with E-state index in [2.05, 4.69) is 4.98 Å². The summed E-state index contributed by atoms with van der Waals surface area (Å²) in [5.74, 6) is 0.678. The molecule has 1 aromatic carbocycles. The number of benzene rings is 1. The van der Waals surface area contributed by atoms with Crippen LogP contribution in [0.4, 0.5) is 0 Å². The molecule has 4 nitrogen and oxygen atoms in total. The standard InChI is InChI=1S/C11H9N3O/c12-5-8-15-11-4-2-1-3-10(11)14-7-6-13-9-14/h1-4,6-7,9H,8H2. The van der Waals surface area contributed by atoms with Crippen LogP contribution in [-0.4, -0.2) is 16.2 Å². The Kier molecular flexibility index (Phi) is 2.65. The first-order valence-corrected chi connectivity index (χ1v) is 4.49. The molecule has 0 amide bonds. The second-order valence-electron chi connectivity index (χ2n) is 2.88. The van der Waals surface area contributed by atoms with Gasteiger partial charge in [-0.2, -0.15) is 5.26 Å². The molecular weight excluding hydrogens is 190 g/mol. The minimum Gasteiger partial charge on any atom is -0.477 e. The van der Waals surface area contributed by atoms with Crippen LogP contribution in [0.25, 0.3) is 5.69 Å². The number of nitrogens with zero attached hydrogens (tertiary/aromatic N) is 3. The quantitative estimate of drug-likeness (QED) is 0.757. The number of nitriles is 1. The summed E-state index contributed by atoms with van der Waals surface area (Å²) < 4.78 is 7.14. The second kappa shape index (κ2) is 4.29. The third kappa shape index (κ3) is 1.97. The van der Waals surface area contributed by atoms with Crippen molar-refractivity contribution < 1.29 is 4.74 Å². The number of aromatic nitrogens is 2. The summed E-state index contributed by atoms with van der Waals surface area (Å²) in [5.41, 5.74) is 0.880. The van der Waals surface area contributed by atoms with E-state index in [1.165, 1.54) is 0 Å². The average Bonchev–Trinajstić information content (AvgIpc) is 2.80. The first kappa shape index (κ1) is 9.28. The molecule has 0 saturated heterocycles. The Morgan fingerprint density at radius 3 is 3.00 bits per heavy atom. The van der Waals surface area contributed by atoms with E-state index >= 15 is 0 Å². The van der Waals surface area contributed by atoms with Crippen LogP contribution in [0.3, 0.4) is 0 Å². The predicted octanol–water partition coefficient (Wildman–Crippen LogP) is 1.77. The fourth-order valence-electron chi connectivity index (χ4n) is 1.30. The van der Waals surface area contributed by atoms with Gasteiger partial charge >= 0.3 is 0 Å². The molecule has 0 N–H and O–H groups in total. The number of para-hydroxylation sites is 2. The molecule has 0 radical (unpaired) electrons. The second-order valence-corrected chi connectivity index (χ2v) is 2.88. The summed E-state index contributed by atoms with van der Waals surface area (Å²) in [7, 11) is 0. The predicted molar refractivity (Wildman–Crippen MR) is 54.7 cm³/mol. The zero-order chi connectivity index (χ0) is 10.5. The van der Waals surface area contributed by atoms with E-state index < -0.39 is 0 Å². The highest BCUT2D eigenvalue weighted by molar-refractivity contribution is 5.46. The molecule has 1 aromatic heterocycles. The summed E-state index contributed by atoms with van der Waals surface area (Å²) in [5, 5.41) is 8.45. The maximum atomic E-state index is 8.45. The summed E-state index contributed by atoms with van der Waals surface area (Å²) in [6.07, 6.45) is 5.21. The normalized spacial score (nSPS) is 9.53. The summed E-state index contributed by atoms with van der Waals surface area (Å²) in [6, 6.07) is 9.46. The Hall–Kier alpha value is -2.28. The molecule has 0 aliphatic heterocycles. The van der Waals surface area contributed by atoms with E-state index in [9.17, 15) is 0 Å². The number of hydrogen-bond donors (Lipinski definition) is 0. The number of rotatable bonds is 3. The Labute approximate surface area is 87.4 Å². The molecular formula is C11H9N3O. The highest BCUT2D eigenvalue weighted by Gasteiger charge is 2.03. The lowest BCUT2D eigenvalue weighted by Gasteiger charge is -2.08. The molecule has 0 aliphatic carbocycles. The Morgan fingerprint density at radius 2 is 2.27 bits per heavy atom. The van der Waals surface area contributed by atoms with Crippen LogP contribution in [0.1, 0.15) is 0 Å². The molecule has 0 aliphatic rings. The molecule has 74 valence electrons. The lowest BCUT2D eigenvalue weighted by atomic mass is 10.3. The zero-order valence-electron chi connectivity index (χ0n) is 8.00. The molecule has 0 unspecified atom stereocenters. The van der Waals surface area contributed by atoms with Gasteiger partial charge in [0.2, 0.25) is 0 Å². The van der Waals surface area contributed by atoms with Crippen molar-refractivity contribution in [3.05, 3.63) is 43.0 Å². The fourth-order valence-corrected chi connectivity index (χ4v) is 1.30. The molecule has 4 heteroatoms. The third-order valence-electron chi connectivity index (χ3n) is 1.94. The van der Waals surface area contributed by atoms with Crippen LogP contribution in [0.2, 0.25) is 0 Å². The van der Waals surface area contributed by atoms with E-state index in [1.54, 1.807) is 12.5 Å². The van der Waals surface area contributed by atoms with Crippen molar-refractivity contribution in [3.63, 3.8) is 0 Å². The molecule has 0 atom stereocenters. The van der Waals surface area contributed by atoms with Crippen LogP contribution in [0, 0.1) is 11.3 Å². The molecule has 2 aromatic rings. The van der Waals surface area contributed by atoms with Gasteiger partial charge in [0.25, 0.3) is 0 Å². The molecule has 0 spiro atoms. The van der Waals surface area contributed by atoms with Crippen molar-refractivity contribution in [1.82, 2.24) is 9.55 Å². The monoisotopic (exact) mass is 199 g/mol. The van der Waals surface area contributed by atoms with E-state index in [-0.39, 0.29) is 6.61 Å². The van der Waals surface area contributed by atoms with Crippen LogP contribution < -0.4 is 4.74 Å². The fraction of sp³-hybridized carbons (Fsp3) is 0.0909. The average molecular weight is 199 g/mol. The van der Waals surface area contributed by atoms with E-state index in [0.717, 1.165) is 5.69 Å². The Balaban J connectivity index is 2.35.